The third-order valence-electron chi connectivity index (χ3n) is 5.53. The molecule has 2 aliphatic heterocycles. The molecule has 2 atom stereocenters. The zero-order valence-electron chi connectivity index (χ0n) is 12.5. The predicted molar refractivity (Wildman–Crippen MR) is 77.1 cm³/mol. The molecule has 4 heteroatoms. The minimum atomic E-state index is -0.164. The van der Waals surface area contributed by atoms with Gasteiger partial charge in [-0.15, -0.1) is 0 Å². The van der Waals surface area contributed by atoms with Crippen molar-refractivity contribution in [1.82, 2.24) is 9.80 Å². The largest absolute Gasteiger partial charge is 0.337 e. The molecule has 2 unspecified atom stereocenters. The molecule has 2 saturated heterocycles. The molecular weight excluding hydrogens is 252 g/mol. The van der Waals surface area contributed by atoms with E-state index in [9.17, 15) is 9.59 Å². The molecule has 3 rings (SSSR count). The zero-order valence-corrected chi connectivity index (χ0v) is 12.5. The van der Waals surface area contributed by atoms with Gasteiger partial charge in [0.1, 0.15) is 6.04 Å². The second-order valence-corrected chi connectivity index (χ2v) is 6.67. The molecule has 0 aromatic heterocycles. The van der Waals surface area contributed by atoms with Gasteiger partial charge in [0.2, 0.25) is 11.8 Å². The highest BCUT2D eigenvalue weighted by atomic mass is 16.2. The molecule has 0 spiro atoms. The maximum Gasteiger partial charge on any atom is 0.245 e. The Morgan fingerprint density at radius 1 is 1.00 bits per heavy atom. The third kappa shape index (κ3) is 2.45. The molecule has 3 aliphatic rings. The van der Waals surface area contributed by atoms with Crippen molar-refractivity contribution in [2.45, 2.75) is 70.4 Å². The fraction of sp³-hybridized carbons (Fsp3) is 0.875. The quantitative estimate of drug-likeness (QED) is 0.777. The summed E-state index contributed by atoms with van der Waals surface area (Å²) in [7, 11) is 0. The molecule has 0 aromatic carbocycles. The van der Waals surface area contributed by atoms with Crippen LogP contribution >= 0.6 is 0 Å². The smallest absolute Gasteiger partial charge is 0.245 e. The van der Waals surface area contributed by atoms with Gasteiger partial charge in [-0.2, -0.15) is 0 Å². The summed E-state index contributed by atoms with van der Waals surface area (Å²) in [6.45, 7) is 3.60. The summed E-state index contributed by atoms with van der Waals surface area (Å²) < 4.78 is 0. The highest BCUT2D eigenvalue weighted by Gasteiger charge is 2.40. The number of nitrogens with zero attached hydrogens (tertiary/aromatic N) is 2. The van der Waals surface area contributed by atoms with Gasteiger partial charge < -0.3 is 9.80 Å². The maximum atomic E-state index is 12.9. The second-order valence-electron chi connectivity index (χ2n) is 6.67. The van der Waals surface area contributed by atoms with Crippen molar-refractivity contribution in [1.29, 1.82) is 0 Å². The number of carbonyl (C=O) groups excluding carboxylic acids is 2. The number of hydrogen-bond acceptors (Lipinski definition) is 2. The second kappa shape index (κ2) is 5.74. The van der Waals surface area contributed by atoms with E-state index < -0.39 is 0 Å². The lowest BCUT2D eigenvalue weighted by Crippen LogP contribution is -2.52. The van der Waals surface area contributed by atoms with E-state index in [-0.39, 0.29) is 17.9 Å². The van der Waals surface area contributed by atoms with E-state index >= 15 is 0 Å². The van der Waals surface area contributed by atoms with Crippen LogP contribution < -0.4 is 0 Å². The van der Waals surface area contributed by atoms with E-state index in [0.29, 0.717) is 24.9 Å². The summed E-state index contributed by atoms with van der Waals surface area (Å²) >= 11 is 0. The first-order valence-corrected chi connectivity index (χ1v) is 8.28. The first-order valence-electron chi connectivity index (χ1n) is 8.28. The van der Waals surface area contributed by atoms with Crippen molar-refractivity contribution in [3.05, 3.63) is 0 Å². The molecule has 112 valence electrons. The van der Waals surface area contributed by atoms with Crippen LogP contribution in [0.1, 0.15) is 58.3 Å². The topological polar surface area (TPSA) is 40.6 Å². The summed E-state index contributed by atoms with van der Waals surface area (Å²) in [5, 5.41) is 0. The number of carbonyl (C=O) groups is 2. The molecule has 1 saturated carbocycles. The fourth-order valence-electron chi connectivity index (χ4n) is 4.25. The molecule has 20 heavy (non-hydrogen) atoms. The summed E-state index contributed by atoms with van der Waals surface area (Å²) in [4.78, 5) is 29.0. The lowest BCUT2D eigenvalue weighted by Gasteiger charge is -2.37. The van der Waals surface area contributed by atoms with Crippen molar-refractivity contribution in [2.75, 3.05) is 13.1 Å². The Kier molecular flexibility index (Phi) is 3.99. The molecular formula is C16H26N2O2. The van der Waals surface area contributed by atoms with E-state index in [1.165, 1.54) is 25.7 Å². The minimum absolute atomic E-state index is 0.164. The Hall–Kier alpha value is -1.06. The van der Waals surface area contributed by atoms with Gasteiger partial charge in [-0.25, -0.2) is 0 Å². The van der Waals surface area contributed by atoms with Gasteiger partial charge in [-0.1, -0.05) is 12.8 Å². The average Bonchev–Trinajstić information content (AvgIpc) is 2.97. The minimum Gasteiger partial charge on any atom is -0.337 e. The van der Waals surface area contributed by atoms with Crippen LogP contribution in [0, 0.1) is 5.92 Å². The molecule has 0 bridgehead atoms. The van der Waals surface area contributed by atoms with E-state index in [1.54, 1.807) is 0 Å². The monoisotopic (exact) mass is 278 g/mol. The van der Waals surface area contributed by atoms with E-state index in [2.05, 4.69) is 6.92 Å². The van der Waals surface area contributed by atoms with Gasteiger partial charge in [0.25, 0.3) is 0 Å². The highest BCUT2D eigenvalue weighted by Crippen LogP contribution is 2.32. The normalized spacial score (nSPS) is 30.4. The van der Waals surface area contributed by atoms with E-state index in [0.717, 1.165) is 25.8 Å². The number of amides is 2. The Bertz CT molecular complexity index is 390. The van der Waals surface area contributed by atoms with Gasteiger partial charge in [0.05, 0.1) is 0 Å². The van der Waals surface area contributed by atoms with Crippen molar-refractivity contribution in [3.63, 3.8) is 0 Å². The molecule has 3 fully saturated rings. The molecule has 2 heterocycles. The van der Waals surface area contributed by atoms with Crippen molar-refractivity contribution in [2.24, 2.45) is 5.92 Å². The van der Waals surface area contributed by atoms with Crippen LogP contribution in [0.2, 0.25) is 0 Å². The molecule has 0 aromatic rings. The fourth-order valence-corrected chi connectivity index (χ4v) is 4.25. The molecule has 0 N–H and O–H groups in total. The van der Waals surface area contributed by atoms with Crippen molar-refractivity contribution >= 4 is 11.8 Å². The number of rotatable bonds is 2. The van der Waals surface area contributed by atoms with Crippen LogP contribution in [-0.4, -0.2) is 46.8 Å². The van der Waals surface area contributed by atoms with Crippen molar-refractivity contribution < 1.29 is 9.59 Å². The molecule has 4 nitrogen and oxygen atoms in total. The van der Waals surface area contributed by atoms with Crippen LogP contribution in [0.15, 0.2) is 0 Å². The van der Waals surface area contributed by atoms with Gasteiger partial charge in [-0.05, 0) is 44.9 Å². The number of fused-ring (bicyclic) bond motifs is 1. The van der Waals surface area contributed by atoms with Crippen LogP contribution in [-0.2, 0) is 9.59 Å². The summed E-state index contributed by atoms with van der Waals surface area (Å²) in [6.07, 6.45) is 8.58. The van der Waals surface area contributed by atoms with Crippen molar-refractivity contribution in [3.8, 4) is 0 Å². The summed E-state index contributed by atoms with van der Waals surface area (Å²) in [5.74, 6) is 1.04. The van der Waals surface area contributed by atoms with Gasteiger partial charge in [-0.3, -0.25) is 9.59 Å². The van der Waals surface area contributed by atoms with Crippen LogP contribution in [0.5, 0.6) is 0 Å². The molecule has 1 aliphatic carbocycles. The Morgan fingerprint density at radius 2 is 1.70 bits per heavy atom. The maximum absolute atomic E-state index is 12.9. The molecule has 2 amide bonds. The number of hydrogen-bond donors (Lipinski definition) is 0. The number of piperidine rings is 1. The van der Waals surface area contributed by atoms with Gasteiger partial charge in [0.15, 0.2) is 0 Å². The third-order valence-corrected chi connectivity index (χ3v) is 5.53. The predicted octanol–water partition coefficient (Wildman–Crippen LogP) is 2.18. The average molecular weight is 278 g/mol. The first-order chi connectivity index (χ1) is 9.68. The first kappa shape index (κ1) is 13.9. The van der Waals surface area contributed by atoms with Crippen LogP contribution in [0.25, 0.3) is 0 Å². The van der Waals surface area contributed by atoms with E-state index in [4.69, 9.17) is 0 Å². The Balaban J connectivity index is 1.77. The molecule has 0 radical (unpaired) electrons. The zero-order chi connectivity index (χ0) is 14.1. The van der Waals surface area contributed by atoms with Gasteiger partial charge in [0, 0.05) is 25.6 Å². The van der Waals surface area contributed by atoms with E-state index in [1.807, 2.05) is 9.80 Å². The lowest BCUT2D eigenvalue weighted by atomic mass is 9.96. The lowest BCUT2D eigenvalue weighted by molar-refractivity contribution is -0.144. The highest BCUT2D eigenvalue weighted by molar-refractivity contribution is 5.90. The Morgan fingerprint density at radius 3 is 2.45 bits per heavy atom. The SMILES string of the molecule is CC(C1CCCC1)N1CCC(=O)N2CCCCC2C1=O. The standard InChI is InChI=1S/C16H26N2O2/c1-12(13-6-2-3-7-13)17-11-9-15(19)18-10-5-4-8-14(18)16(17)20/h12-14H,2-11H2,1H3. The Labute approximate surface area is 121 Å². The van der Waals surface area contributed by atoms with Crippen LogP contribution in [0.4, 0.5) is 0 Å². The van der Waals surface area contributed by atoms with Crippen LogP contribution in [0.3, 0.4) is 0 Å². The summed E-state index contributed by atoms with van der Waals surface area (Å²) in [5.41, 5.74) is 0. The summed E-state index contributed by atoms with van der Waals surface area (Å²) in [6, 6.07) is 0.141. The van der Waals surface area contributed by atoms with Gasteiger partial charge >= 0.3 is 0 Å².